The number of aromatic nitrogens is 2. The zero-order valence-corrected chi connectivity index (χ0v) is 34.0. The first kappa shape index (κ1) is 34.2. The number of para-hydroxylation sites is 2. The van der Waals surface area contributed by atoms with Crippen LogP contribution in [0.15, 0.2) is 183 Å². The number of allylic oxidation sites excluding steroid dienone is 2. The van der Waals surface area contributed by atoms with Gasteiger partial charge in [-0.05, 0) is 123 Å². The van der Waals surface area contributed by atoms with E-state index in [0.29, 0.717) is 0 Å². The van der Waals surface area contributed by atoms with Crippen molar-refractivity contribution in [2.75, 3.05) is 4.90 Å². The Morgan fingerprint density at radius 3 is 2.00 bits per heavy atom. The van der Waals surface area contributed by atoms with Gasteiger partial charge in [0, 0.05) is 36.8 Å². The molecular weight excluding hydrogens is 763 g/mol. The van der Waals surface area contributed by atoms with E-state index in [2.05, 4.69) is 193 Å². The Balaban J connectivity index is 1.07. The van der Waals surface area contributed by atoms with Crippen LogP contribution in [-0.2, 0) is 0 Å². The number of rotatable bonds is 4. The Morgan fingerprint density at radius 1 is 0.541 bits per heavy atom. The fourth-order valence-electron chi connectivity index (χ4n) is 9.85. The smallest absolute Gasteiger partial charge is 0.152 e. The summed E-state index contributed by atoms with van der Waals surface area (Å²) in [5.74, 6) is 1.63. The van der Waals surface area contributed by atoms with Gasteiger partial charge in [0.05, 0.1) is 27.9 Å². The van der Waals surface area contributed by atoms with Crippen LogP contribution < -0.4 is 9.64 Å². The summed E-state index contributed by atoms with van der Waals surface area (Å²) >= 11 is 1.84. The molecule has 0 bridgehead atoms. The van der Waals surface area contributed by atoms with Crippen molar-refractivity contribution in [3.05, 3.63) is 194 Å². The maximum absolute atomic E-state index is 7.10. The predicted molar refractivity (Wildman–Crippen MR) is 260 cm³/mol. The van der Waals surface area contributed by atoms with Crippen molar-refractivity contribution >= 4 is 115 Å². The normalized spacial score (nSPS) is 12.8. The first-order chi connectivity index (χ1) is 30.1. The first-order valence-electron chi connectivity index (χ1n) is 20.6. The molecule has 0 saturated carbocycles. The van der Waals surface area contributed by atoms with E-state index in [4.69, 9.17) is 9.72 Å². The summed E-state index contributed by atoms with van der Waals surface area (Å²) in [6.45, 7) is 6.19. The number of thiophene rings is 1. The summed E-state index contributed by atoms with van der Waals surface area (Å²) in [5, 5.41) is 11.0. The second kappa shape index (κ2) is 12.9. The summed E-state index contributed by atoms with van der Waals surface area (Å²) in [6.07, 6.45) is 5.96. The summed E-state index contributed by atoms with van der Waals surface area (Å²) in [4.78, 5) is 7.53. The van der Waals surface area contributed by atoms with Crippen LogP contribution in [0.25, 0.3) is 97.3 Å². The van der Waals surface area contributed by atoms with Gasteiger partial charge in [-0.15, -0.1) is 11.3 Å². The standard InChI is InChI=1S/C56H35N3OS/c1-3-4-13-37-33(2)44-30-36(24-27-48(44)59-49-20-11-10-19-47(49)57-56(37)59)58-50-26-23-34(35-22-25-43-42-18-9-12-21-54(42)61-55(43)29-35)28-52(50)60-53-32-46-41-17-8-6-15-39(41)38-14-5-7-16-40(38)45(46)31-51(53)58/h3-32H,1H2,2H3/b13-4-. The molecule has 1 aliphatic rings. The molecule has 13 rings (SSSR count). The molecule has 0 N–H and O–H groups in total. The van der Waals surface area contributed by atoms with E-state index in [9.17, 15) is 0 Å². The molecule has 5 heteroatoms. The van der Waals surface area contributed by atoms with Crippen LogP contribution in [0.4, 0.5) is 17.1 Å². The van der Waals surface area contributed by atoms with Gasteiger partial charge in [-0.25, -0.2) is 4.98 Å². The lowest BCUT2D eigenvalue weighted by molar-refractivity contribution is 0.478. The van der Waals surface area contributed by atoms with Gasteiger partial charge in [-0.3, -0.25) is 4.40 Å². The third kappa shape index (κ3) is 4.96. The molecule has 0 amide bonds. The van der Waals surface area contributed by atoms with Crippen molar-refractivity contribution in [2.24, 2.45) is 0 Å². The van der Waals surface area contributed by atoms with E-state index in [1.54, 1.807) is 0 Å². The summed E-state index contributed by atoms with van der Waals surface area (Å²) in [7, 11) is 0. The molecule has 286 valence electrons. The summed E-state index contributed by atoms with van der Waals surface area (Å²) in [6, 6.07) is 59.5. The summed E-state index contributed by atoms with van der Waals surface area (Å²) in [5.41, 5.74) is 11.6. The molecule has 0 spiro atoms. The number of fused-ring (bicyclic) bond motifs is 16. The van der Waals surface area contributed by atoms with Gasteiger partial charge < -0.3 is 9.64 Å². The lowest BCUT2D eigenvalue weighted by Crippen LogP contribution is -2.16. The van der Waals surface area contributed by atoms with E-state index in [-0.39, 0.29) is 0 Å². The van der Waals surface area contributed by atoms with Crippen LogP contribution in [0.1, 0.15) is 11.1 Å². The number of hydrogen-bond donors (Lipinski definition) is 0. The Labute approximate surface area is 355 Å². The van der Waals surface area contributed by atoms with Gasteiger partial charge >= 0.3 is 0 Å². The lowest BCUT2D eigenvalue weighted by atomic mass is 9.93. The summed E-state index contributed by atoms with van der Waals surface area (Å²) < 4.78 is 12.0. The molecule has 1 aliphatic heterocycles. The topological polar surface area (TPSA) is 29.8 Å². The van der Waals surface area contributed by atoms with Gasteiger partial charge in [-0.1, -0.05) is 122 Å². The Hall–Kier alpha value is -7.73. The van der Waals surface area contributed by atoms with Crippen molar-refractivity contribution in [3.8, 4) is 22.6 Å². The number of aryl methyl sites for hydroxylation is 1. The highest BCUT2D eigenvalue weighted by Crippen LogP contribution is 2.54. The minimum atomic E-state index is 0.813. The monoisotopic (exact) mass is 797 g/mol. The SMILES string of the molecule is C=C/C=C\c1c(C)c2cc(N3c4ccc(-c5ccc6c(c5)sc5ccccc56)cc4Oc4cc5c6ccccc6c6ccccc6c5cc43)ccc2n2c1nc1ccccc12. The average Bonchev–Trinajstić information content (AvgIpc) is 3.89. The lowest BCUT2D eigenvalue weighted by Gasteiger charge is -2.34. The molecule has 4 nitrogen and oxygen atoms in total. The van der Waals surface area contributed by atoms with E-state index >= 15 is 0 Å². The fourth-order valence-corrected chi connectivity index (χ4v) is 11.0. The minimum absolute atomic E-state index is 0.813. The Bertz CT molecular complexity index is 3910. The zero-order chi connectivity index (χ0) is 40.3. The molecular formula is C56H35N3OS. The number of anilines is 3. The van der Waals surface area contributed by atoms with Gasteiger partial charge in [0.25, 0.3) is 0 Å². The average molecular weight is 798 g/mol. The molecule has 0 aliphatic carbocycles. The fraction of sp³-hybridized carbons (Fsp3) is 0.0179. The van der Waals surface area contributed by atoms with E-state index in [1.165, 1.54) is 52.5 Å². The van der Waals surface area contributed by atoms with E-state index in [1.807, 2.05) is 23.5 Å². The Morgan fingerprint density at radius 2 is 1.20 bits per heavy atom. The van der Waals surface area contributed by atoms with Crippen molar-refractivity contribution in [1.29, 1.82) is 0 Å². The largest absolute Gasteiger partial charge is 0.453 e. The molecule has 0 radical (unpaired) electrons. The number of hydrogen-bond acceptors (Lipinski definition) is 4. The second-order valence-corrected chi connectivity index (χ2v) is 17.1. The van der Waals surface area contributed by atoms with Crippen LogP contribution in [0, 0.1) is 6.92 Å². The highest BCUT2D eigenvalue weighted by molar-refractivity contribution is 7.25. The van der Waals surface area contributed by atoms with Crippen LogP contribution in [0.3, 0.4) is 0 Å². The van der Waals surface area contributed by atoms with Gasteiger partial charge in [0.15, 0.2) is 11.5 Å². The third-order valence-corrected chi connectivity index (χ3v) is 13.8. The number of pyridine rings is 1. The van der Waals surface area contributed by atoms with E-state index < -0.39 is 0 Å². The minimum Gasteiger partial charge on any atom is -0.453 e. The number of benzene rings is 9. The van der Waals surface area contributed by atoms with Gasteiger partial charge in [0.1, 0.15) is 5.65 Å². The molecule has 0 saturated heterocycles. The Kier molecular flexibility index (Phi) is 7.22. The molecule has 0 atom stereocenters. The highest BCUT2D eigenvalue weighted by Gasteiger charge is 2.29. The molecule has 12 aromatic rings. The quantitative estimate of drug-likeness (QED) is 0.131. The van der Waals surface area contributed by atoms with Gasteiger partial charge in [-0.2, -0.15) is 0 Å². The molecule has 0 unspecified atom stereocenters. The van der Waals surface area contributed by atoms with Gasteiger partial charge in [0.2, 0.25) is 0 Å². The molecule has 9 aromatic carbocycles. The van der Waals surface area contributed by atoms with Crippen molar-refractivity contribution < 1.29 is 4.74 Å². The zero-order valence-electron chi connectivity index (χ0n) is 33.2. The molecule has 0 fully saturated rings. The predicted octanol–water partition coefficient (Wildman–Crippen LogP) is 16.2. The van der Waals surface area contributed by atoms with Crippen molar-refractivity contribution in [1.82, 2.24) is 9.38 Å². The van der Waals surface area contributed by atoms with Crippen LogP contribution in [0.5, 0.6) is 11.5 Å². The molecule has 4 heterocycles. The number of imidazole rings is 1. The van der Waals surface area contributed by atoms with Crippen LogP contribution in [-0.4, -0.2) is 9.38 Å². The second-order valence-electron chi connectivity index (χ2n) is 16.0. The third-order valence-electron chi connectivity index (χ3n) is 12.7. The van der Waals surface area contributed by atoms with E-state index in [0.717, 1.165) is 78.4 Å². The van der Waals surface area contributed by atoms with Crippen LogP contribution >= 0.6 is 11.3 Å². The maximum atomic E-state index is 7.10. The number of ether oxygens (including phenoxy) is 1. The van der Waals surface area contributed by atoms with Crippen molar-refractivity contribution in [3.63, 3.8) is 0 Å². The maximum Gasteiger partial charge on any atom is 0.152 e. The molecule has 3 aromatic heterocycles. The number of nitrogens with zero attached hydrogens (tertiary/aromatic N) is 3. The molecule has 61 heavy (non-hydrogen) atoms. The van der Waals surface area contributed by atoms with Crippen LogP contribution in [0.2, 0.25) is 0 Å². The highest BCUT2D eigenvalue weighted by atomic mass is 32.1. The van der Waals surface area contributed by atoms with Crippen molar-refractivity contribution in [2.45, 2.75) is 6.92 Å². The first-order valence-corrected chi connectivity index (χ1v) is 21.5.